The summed E-state index contributed by atoms with van der Waals surface area (Å²) in [5.41, 5.74) is 3.85. The molecule has 3 N–H and O–H groups in total. The van der Waals surface area contributed by atoms with Crippen LogP contribution in [0.5, 0.6) is 5.75 Å². The number of hydrogen-bond donors (Lipinski definition) is 3. The van der Waals surface area contributed by atoms with Gasteiger partial charge in [0.1, 0.15) is 5.75 Å². The largest absolute Gasteiger partial charge is 0.507 e. The Hall–Kier alpha value is -1.48. The van der Waals surface area contributed by atoms with Crippen LogP contribution >= 0.6 is 0 Å². The second-order valence-electron chi connectivity index (χ2n) is 3.52. The fourth-order valence-corrected chi connectivity index (χ4v) is 1.21. The van der Waals surface area contributed by atoms with Gasteiger partial charge in [-0.15, -0.1) is 0 Å². The minimum Gasteiger partial charge on any atom is -0.507 e. The van der Waals surface area contributed by atoms with E-state index in [1.54, 1.807) is 6.07 Å². The summed E-state index contributed by atoms with van der Waals surface area (Å²) in [4.78, 5) is 0. The normalized spacial score (nSPS) is 10.3. The molecule has 14 heavy (non-hydrogen) atoms. The van der Waals surface area contributed by atoms with Crippen molar-refractivity contribution >= 4 is 5.70 Å². The lowest BCUT2D eigenvalue weighted by Gasteiger charge is -2.11. The Morgan fingerprint density at radius 1 is 1.43 bits per heavy atom. The molecule has 3 heteroatoms. The van der Waals surface area contributed by atoms with Gasteiger partial charge in [-0.05, 0) is 23.6 Å². The summed E-state index contributed by atoms with van der Waals surface area (Å²) in [6.45, 7) is 7.71. The summed E-state index contributed by atoms with van der Waals surface area (Å²) in [6, 6.07) is 5.27. The van der Waals surface area contributed by atoms with Crippen LogP contribution in [0.1, 0.15) is 30.9 Å². The molecule has 0 aliphatic carbocycles. The molecule has 0 unspecified atom stereocenters. The average molecular weight is 193 g/mol. The molecule has 0 atom stereocenters. The number of hydrogen-bond acceptors (Lipinski definition) is 3. The highest BCUT2D eigenvalue weighted by atomic mass is 16.5. The van der Waals surface area contributed by atoms with Crippen molar-refractivity contribution in [1.29, 1.82) is 0 Å². The molecule has 0 spiro atoms. The molecule has 0 aliphatic heterocycles. The van der Waals surface area contributed by atoms with E-state index < -0.39 is 0 Å². The minimum absolute atomic E-state index is 0.112. The minimum atomic E-state index is 0.112. The zero-order valence-corrected chi connectivity index (χ0v) is 8.41. The molecule has 3 nitrogen and oxygen atoms in total. The third-order valence-corrected chi connectivity index (χ3v) is 2.15. The van der Waals surface area contributed by atoms with E-state index in [0.717, 1.165) is 5.56 Å². The van der Waals surface area contributed by atoms with Crippen molar-refractivity contribution in [3.63, 3.8) is 0 Å². The summed E-state index contributed by atoms with van der Waals surface area (Å²) < 4.78 is 0. The molecule has 0 radical (unpaired) electrons. The molecule has 0 fully saturated rings. The zero-order valence-electron chi connectivity index (χ0n) is 8.41. The molecule has 76 valence electrons. The summed E-state index contributed by atoms with van der Waals surface area (Å²) in [5.74, 6) is 0.488. The summed E-state index contributed by atoms with van der Waals surface area (Å²) >= 11 is 0. The molecule has 1 aromatic carbocycles. The molecular weight excluding hydrogens is 178 g/mol. The second kappa shape index (κ2) is 4.15. The standard InChI is InChI=1S/C11H15NO2/c1-7(2)9-4-5-11(13)10(6-9)8(3)12-14/h4-7,12-14H,3H2,1-2H3. The van der Waals surface area contributed by atoms with E-state index in [4.69, 9.17) is 5.21 Å². The third-order valence-electron chi connectivity index (χ3n) is 2.15. The topological polar surface area (TPSA) is 52.5 Å². The van der Waals surface area contributed by atoms with Crippen LogP contribution in [0.15, 0.2) is 24.8 Å². The molecule has 0 aromatic heterocycles. The van der Waals surface area contributed by atoms with E-state index >= 15 is 0 Å². The Morgan fingerprint density at radius 2 is 2.07 bits per heavy atom. The van der Waals surface area contributed by atoms with Crippen molar-refractivity contribution in [2.45, 2.75) is 19.8 Å². The van der Waals surface area contributed by atoms with Crippen LogP contribution < -0.4 is 5.48 Å². The van der Waals surface area contributed by atoms with Crippen molar-refractivity contribution in [1.82, 2.24) is 5.48 Å². The number of phenolic OH excluding ortho intramolecular Hbond substituents is 1. The van der Waals surface area contributed by atoms with Crippen molar-refractivity contribution in [3.8, 4) is 5.75 Å². The highest BCUT2D eigenvalue weighted by Gasteiger charge is 2.07. The van der Waals surface area contributed by atoms with Crippen LogP contribution in [-0.2, 0) is 0 Å². The molecular formula is C11H15NO2. The highest BCUT2D eigenvalue weighted by molar-refractivity contribution is 5.67. The molecule has 0 bridgehead atoms. The van der Waals surface area contributed by atoms with Gasteiger partial charge >= 0.3 is 0 Å². The molecule has 0 amide bonds. The maximum Gasteiger partial charge on any atom is 0.124 e. The molecule has 0 heterocycles. The average Bonchev–Trinajstić information content (AvgIpc) is 2.17. The Kier molecular flexibility index (Phi) is 3.14. The molecule has 1 rings (SSSR count). The molecule has 1 aromatic rings. The van der Waals surface area contributed by atoms with Crippen molar-refractivity contribution in [3.05, 3.63) is 35.9 Å². The monoisotopic (exact) mass is 193 g/mol. The number of phenols is 1. The Balaban J connectivity index is 3.15. The SMILES string of the molecule is C=C(NO)c1cc(C(C)C)ccc1O. The van der Waals surface area contributed by atoms with Gasteiger partial charge in [0, 0.05) is 5.56 Å². The first-order valence-electron chi connectivity index (χ1n) is 4.48. The van der Waals surface area contributed by atoms with Crippen molar-refractivity contribution in [2.24, 2.45) is 0 Å². The van der Waals surface area contributed by atoms with Crippen LogP contribution in [0, 0.1) is 0 Å². The van der Waals surface area contributed by atoms with E-state index in [9.17, 15) is 5.11 Å². The first-order valence-corrected chi connectivity index (χ1v) is 4.48. The van der Waals surface area contributed by atoms with Crippen LogP contribution in [0.4, 0.5) is 0 Å². The number of rotatable bonds is 3. The summed E-state index contributed by atoms with van der Waals surface area (Å²) in [5, 5.41) is 18.2. The van der Waals surface area contributed by atoms with E-state index in [2.05, 4.69) is 20.4 Å². The quantitative estimate of drug-likeness (QED) is 0.646. The van der Waals surface area contributed by atoms with Gasteiger partial charge in [0.25, 0.3) is 0 Å². The fourth-order valence-electron chi connectivity index (χ4n) is 1.21. The van der Waals surface area contributed by atoms with Gasteiger partial charge in [-0.25, -0.2) is 0 Å². The summed E-state index contributed by atoms with van der Waals surface area (Å²) in [7, 11) is 0. The number of aromatic hydroxyl groups is 1. The predicted molar refractivity (Wildman–Crippen MR) is 56.2 cm³/mol. The van der Waals surface area contributed by atoms with E-state index in [-0.39, 0.29) is 5.75 Å². The number of hydroxylamine groups is 1. The Bertz CT molecular complexity index is 345. The van der Waals surface area contributed by atoms with Crippen LogP contribution in [-0.4, -0.2) is 10.3 Å². The smallest absolute Gasteiger partial charge is 0.124 e. The summed E-state index contributed by atoms with van der Waals surface area (Å²) in [6.07, 6.45) is 0. The van der Waals surface area contributed by atoms with Crippen LogP contribution in [0.25, 0.3) is 5.70 Å². The van der Waals surface area contributed by atoms with Crippen molar-refractivity contribution in [2.75, 3.05) is 0 Å². The first kappa shape index (κ1) is 10.6. The van der Waals surface area contributed by atoms with Crippen LogP contribution in [0.3, 0.4) is 0 Å². The van der Waals surface area contributed by atoms with E-state index in [1.807, 2.05) is 17.6 Å². The van der Waals surface area contributed by atoms with Crippen LogP contribution in [0.2, 0.25) is 0 Å². The van der Waals surface area contributed by atoms with Gasteiger partial charge < -0.3 is 5.11 Å². The van der Waals surface area contributed by atoms with Gasteiger partial charge in [0.05, 0.1) is 5.70 Å². The van der Waals surface area contributed by atoms with E-state index in [0.29, 0.717) is 17.2 Å². The Labute approximate surface area is 83.7 Å². The van der Waals surface area contributed by atoms with Gasteiger partial charge in [-0.1, -0.05) is 26.5 Å². The number of benzene rings is 1. The molecule has 0 saturated heterocycles. The van der Waals surface area contributed by atoms with Crippen molar-refractivity contribution < 1.29 is 10.3 Å². The predicted octanol–water partition coefficient (Wildman–Crippen LogP) is 2.47. The lowest BCUT2D eigenvalue weighted by Crippen LogP contribution is -2.04. The Morgan fingerprint density at radius 3 is 2.57 bits per heavy atom. The molecule has 0 aliphatic rings. The molecule has 0 saturated carbocycles. The van der Waals surface area contributed by atoms with Gasteiger partial charge in [0.15, 0.2) is 0 Å². The van der Waals surface area contributed by atoms with Gasteiger partial charge in [0.2, 0.25) is 0 Å². The maximum absolute atomic E-state index is 9.51. The number of nitrogens with one attached hydrogen (secondary N) is 1. The highest BCUT2D eigenvalue weighted by Crippen LogP contribution is 2.26. The van der Waals surface area contributed by atoms with Gasteiger partial charge in [-0.3, -0.25) is 10.7 Å². The third kappa shape index (κ3) is 2.06. The lowest BCUT2D eigenvalue weighted by atomic mass is 9.99. The maximum atomic E-state index is 9.51. The zero-order chi connectivity index (χ0) is 10.7. The fraction of sp³-hybridized carbons (Fsp3) is 0.273. The second-order valence-corrected chi connectivity index (χ2v) is 3.52. The van der Waals surface area contributed by atoms with E-state index in [1.165, 1.54) is 0 Å². The first-order chi connectivity index (χ1) is 6.56. The van der Waals surface area contributed by atoms with Gasteiger partial charge in [-0.2, -0.15) is 0 Å². The lowest BCUT2D eigenvalue weighted by molar-refractivity contribution is 0.224.